The normalized spacial score (nSPS) is 15.1. The van der Waals surface area contributed by atoms with Gasteiger partial charge in [0.25, 0.3) is 0 Å². The molecule has 0 bridgehead atoms. The standard InChI is InChI=1S/C12H17FN2O/c1-16-5-4-15(11-2-3-11)12-7-9(13)6-10(14)8-12/h6-8,11H,2-5,14H2,1H3. The Balaban J connectivity index is 2.16. The van der Waals surface area contributed by atoms with Crippen molar-refractivity contribution in [1.82, 2.24) is 0 Å². The number of nitrogens with two attached hydrogens (primary N) is 1. The van der Waals surface area contributed by atoms with Gasteiger partial charge >= 0.3 is 0 Å². The summed E-state index contributed by atoms with van der Waals surface area (Å²) < 4.78 is 18.3. The summed E-state index contributed by atoms with van der Waals surface area (Å²) in [6.45, 7) is 1.43. The van der Waals surface area contributed by atoms with Crippen molar-refractivity contribution >= 4 is 11.4 Å². The van der Waals surface area contributed by atoms with Crippen LogP contribution in [0.1, 0.15) is 12.8 Å². The van der Waals surface area contributed by atoms with Crippen LogP contribution in [0.3, 0.4) is 0 Å². The SMILES string of the molecule is COCCN(c1cc(N)cc(F)c1)C1CC1. The molecule has 1 saturated carbocycles. The molecule has 0 amide bonds. The van der Waals surface area contributed by atoms with Crippen LogP contribution in [-0.4, -0.2) is 26.3 Å². The Kier molecular flexibility index (Phi) is 3.29. The summed E-state index contributed by atoms with van der Waals surface area (Å²) in [5, 5.41) is 0. The molecule has 16 heavy (non-hydrogen) atoms. The minimum atomic E-state index is -0.280. The predicted molar refractivity (Wildman–Crippen MR) is 63.1 cm³/mol. The number of nitrogens with zero attached hydrogens (tertiary/aromatic N) is 1. The highest BCUT2D eigenvalue weighted by Crippen LogP contribution is 2.32. The first-order valence-electron chi connectivity index (χ1n) is 5.52. The Labute approximate surface area is 95.0 Å². The number of ether oxygens (including phenoxy) is 1. The summed E-state index contributed by atoms with van der Waals surface area (Å²) in [7, 11) is 1.67. The highest BCUT2D eigenvalue weighted by atomic mass is 19.1. The Bertz CT molecular complexity index is 346. The largest absolute Gasteiger partial charge is 0.399 e. The smallest absolute Gasteiger partial charge is 0.127 e. The van der Waals surface area contributed by atoms with E-state index in [1.807, 2.05) is 6.07 Å². The van der Waals surface area contributed by atoms with Gasteiger partial charge in [0.05, 0.1) is 6.61 Å². The Morgan fingerprint density at radius 3 is 2.75 bits per heavy atom. The van der Waals surface area contributed by atoms with Crippen molar-refractivity contribution in [1.29, 1.82) is 0 Å². The molecular formula is C12H17FN2O. The maximum Gasteiger partial charge on any atom is 0.127 e. The van der Waals surface area contributed by atoms with Gasteiger partial charge in [-0.2, -0.15) is 0 Å². The van der Waals surface area contributed by atoms with Crippen LogP contribution in [-0.2, 0) is 4.74 Å². The maximum atomic E-state index is 13.3. The number of methoxy groups -OCH3 is 1. The van der Waals surface area contributed by atoms with E-state index < -0.39 is 0 Å². The molecule has 0 heterocycles. The van der Waals surface area contributed by atoms with Crippen LogP contribution in [0.4, 0.5) is 15.8 Å². The van der Waals surface area contributed by atoms with Gasteiger partial charge in [-0.15, -0.1) is 0 Å². The third kappa shape index (κ3) is 2.64. The molecular weight excluding hydrogens is 207 g/mol. The zero-order valence-electron chi connectivity index (χ0n) is 9.45. The van der Waals surface area contributed by atoms with Crippen LogP contribution in [0.2, 0.25) is 0 Å². The second kappa shape index (κ2) is 4.70. The summed E-state index contributed by atoms with van der Waals surface area (Å²) in [5.41, 5.74) is 6.98. The van der Waals surface area contributed by atoms with E-state index in [9.17, 15) is 4.39 Å². The van der Waals surface area contributed by atoms with Crippen molar-refractivity contribution in [3.63, 3.8) is 0 Å². The lowest BCUT2D eigenvalue weighted by molar-refractivity contribution is 0.205. The number of halogens is 1. The average Bonchev–Trinajstić information content (AvgIpc) is 3.01. The first kappa shape index (κ1) is 11.2. The monoisotopic (exact) mass is 224 g/mol. The molecule has 0 spiro atoms. The van der Waals surface area contributed by atoms with Gasteiger partial charge in [-0.05, 0) is 31.0 Å². The molecule has 0 radical (unpaired) electrons. The maximum absolute atomic E-state index is 13.3. The summed E-state index contributed by atoms with van der Waals surface area (Å²) >= 11 is 0. The fraction of sp³-hybridized carbons (Fsp3) is 0.500. The van der Waals surface area contributed by atoms with Gasteiger partial charge in [0.1, 0.15) is 5.82 Å². The molecule has 1 aromatic carbocycles. The molecule has 0 unspecified atom stereocenters. The molecule has 1 aliphatic rings. The number of anilines is 2. The lowest BCUT2D eigenvalue weighted by Gasteiger charge is -2.24. The van der Waals surface area contributed by atoms with Gasteiger partial charge in [-0.3, -0.25) is 0 Å². The highest BCUT2D eigenvalue weighted by molar-refractivity contribution is 5.57. The fourth-order valence-corrected chi connectivity index (χ4v) is 1.86. The molecule has 1 fully saturated rings. The molecule has 88 valence electrons. The van der Waals surface area contributed by atoms with E-state index in [1.54, 1.807) is 7.11 Å². The van der Waals surface area contributed by atoms with Crippen molar-refractivity contribution in [3.05, 3.63) is 24.0 Å². The molecule has 2 rings (SSSR count). The Morgan fingerprint density at radius 2 is 2.19 bits per heavy atom. The third-order valence-corrected chi connectivity index (χ3v) is 2.76. The minimum absolute atomic E-state index is 0.280. The number of hydrogen-bond donors (Lipinski definition) is 1. The average molecular weight is 224 g/mol. The molecule has 0 saturated heterocycles. The molecule has 2 N–H and O–H groups in total. The molecule has 4 heteroatoms. The van der Waals surface area contributed by atoms with Crippen LogP contribution in [0.5, 0.6) is 0 Å². The van der Waals surface area contributed by atoms with Crippen molar-refractivity contribution in [2.45, 2.75) is 18.9 Å². The fourth-order valence-electron chi connectivity index (χ4n) is 1.86. The van der Waals surface area contributed by atoms with Crippen LogP contribution in [0, 0.1) is 5.82 Å². The first-order chi connectivity index (χ1) is 7.70. The molecule has 0 aromatic heterocycles. The second-order valence-electron chi connectivity index (χ2n) is 4.16. The summed E-state index contributed by atoms with van der Waals surface area (Å²) in [6, 6.07) is 5.21. The number of rotatable bonds is 5. The predicted octanol–water partition coefficient (Wildman–Crippen LogP) is 2.02. The summed E-state index contributed by atoms with van der Waals surface area (Å²) in [4.78, 5) is 2.17. The van der Waals surface area contributed by atoms with Gasteiger partial charge in [-0.1, -0.05) is 0 Å². The number of nitrogen functional groups attached to an aromatic ring is 1. The summed E-state index contributed by atoms with van der Waals surface area (Å²) in [6.07, 6.45) is 2.33. The van der Waals surface area contributed by atoms with Gasteiger partial charge in [0, 0.05) is 31.1 Å². The minimum Gasteiger partial charge on any atom is -0.399 e. The quantitative estimate of drug-likeness (QED) is 0.778. The van der Waals surface area contributed by atoms with E-state index in [0.717, 1.165) is 12.2 Å². The lowest BCUT2D eigenvalue weighted by Crippen LogP contribution is -2.29. The Hall–Kier alpha value is -1.29. The lowest BCUT2D eigenvalue weighted by atomic mass is 10.2. The zero-order chi connectivity index (χ0) is 11.5. The summed E-state index contributed by atoms with van der Waals surface area (Å²) in [5.74, 6) is -0.280. The van der Waals surface area contributed by atoms with E-state index in [2.05, 4.69) is 4.90 Å². The molecule has 3 nitrogen and oxygen atoms in total. The van der Waals surface area contributed by atoms with Crippen LogP contribution < -0.4 is 10.6 Å². The van der Waals surface area contributed by atoms with E-state index in [0.29, 0.717) is 18.3 Å². The third-order valence-electron chi connectivity index (χ3n) is 2.76. The van der Waals surface area contributed by atoms with Crippen molar-refractivity contribution in [3.8, 4) is 0 Å². The van der Waals surface area contributed by atoms with Crippen LogP contribution >= 0.6 is 0 Å². The number of hydrogen-bond acceptors (Lipinski definition) is 3. The van der Waals surface area contributed by atoms with E-state index in [1.165, 1.54) is 25.0 Å². The molecule has 0 aliphatic heterocycles. The molecule has 1 aromatic rings. The van der Waals surface area contributed by atoms with E-state index >= 15 is 0 Å². The van der Waals surface area contributed by atoms with Gasteiger partial charge in [0.2, 0.25) is 0 Å². The first-order valence-corrected chi connectivity index (χ1v) is 5.52. The highest BCUT2D eigenvalue weighted by Gasteiger charge is 2.29. The second-order valence-corrected chi connectivity index (χ2v) is 4.16. The van der Waals surface area contributed by atoms with E-state index in [4.69, 9.17) is 10.5 Å². The zero-order valence-corrected chi connectivity index (χ0v) is 9.45. The van der Waals surface area contributed by atoms with Crippen molar-refractivity contribution in [2.24, 2.45) is 0 Å². The van der Waals surface area contributed by atoms with Crippen molar-refractivity contribution < 1.29 is 9.13 Å². The van der Waals surface area contributed by atoms with Gasteiger partial charge in [0.15, 0.2) is 0 Å². The molecule has 1 aliphatic carbocycles. The van der Waals surface area contributed by atoms with Crippen LogP contribution in [0.25, 0.3) is 0 Å². The van der Waals surface area contributed by atoms with Gasteiger partial charge < -0.3 is 15.4 Å². The number of benzene rings is 1. The van der Waals surface area contributed by atoms with Crippen molar-refractivity contribution in [2.75, 3.05) is 30.9 Å². The molecule has 0 atom stereocenters. The Morgan fingerprint density at radius 1 is 1.44 bits per heavy atom. The van der Waals surface area contributed by atoms with Crippen LogP contribution in [0.15, 0.2) is 18.2 Å². The topological polar surface area (TPSA) is 38.5 Å². The van der Waals surface area contributed by atoms with E-state index in [-0.39, 0.29) is 5.82 Å². The van der Waals surface area contributed by atoms with Gasteiger partial charge in [-0.25, -0.2) is 4.39 Å².